The Hall–Kier alpha value is -3.95. The summed E-state index contributed by atoms with van der Waals surface area (Å²) in [6, 6.07) is 19.9. The van der Waals surface area contributed by atoms with E-state index in [0.29, 0.717) is 22.9 Å². The second kappa shape index (κ2) is 16.7. The number of fused-ring (bicyclic) bond motifs is 1. The number of aliphatic hydroxyl groups is 1. The molecule has 47 heavy (non-hydrogen) atoms. The lowest BCUT2D eigenvalue weighted by atomic mass is 9.86. The van der Waals surface area contributed by atoms with Gasteiger partial charge in [0.05, 0.1) is 31.8 Å². The molecule has 254 valence electrons. The number of nitrogens with one attached hydrogen (secondary N) is 1. The Balaban J connectivity index is 0.000000555. The zero-order chi connectivity index (χ0) is 34.1. The second-order valence-corrected chi connectivity index (χ2v) is 13.1. The van der Waals surface area contributed by atoms with Crippen molar-refractivity contribution in [2.75, 3.05) is 37.0 Å². The third-order valence-electron chi connectivity index (χ3n) is 8.51. The molecule has 10 heteroatoms. The average Bonchev–Trinajstić information content (AvgIpc) is 3.04. The third kappa shape index (κ3) is 9.78. The molecule has 3 aromatic carbocycles. The number of nitrogens with zero attached hydrogens (tertiary/aromatic N) is 2. The highest BCUT2D eigenvalue weighted by atomic mass is 35.5. The lowest BCUT2D eigenvalue weighted by Crippen LogP contribution is -2.41. The minimum absolute atomic E-state index is 0.00889. The summed E-state index contributed by atoms with van der Waals surface area (Å²) < 4.78 is 11.8. The second-order valence-electron chi connectivity index (χ2n) is 12.7. The number of carboxylic acid groups (broad SMARTS) is 1. The molecule has 2 aliphatic rings. The van der Waals surface area contributed by atoms with Crippen molar-refractivity contribution in [1.29, 1.82) is 0 Å². The maximum Gasteiger partial charge on any atom is 0.404 e. The summed E-state index contributed by atoms with van der Waals surface area (Å²) >= 11 is 6.25. The van der Waals surface area contributed by atoms with E-state index in [9.17, 15) is 9.59 Å². The zero-order valence-electron chi connectivity index (χ0n) is 28.0. The number of ether oxygens (including phenoxy) is 2. The van der Waals surface area contributed by atoms with Gasteiger partial charge in [-0.25, -0.2) is 4.79 Å². The van der Waals surface area contributed by atoms with Crippen molar-refractivity contribution in [2.45, 2.75) is 77.5 Å². The van der Waals surface area contributed by atoms with Crippen molar-refractivity contribution in [1.82, 2.24) is 5.32 Å². The first-order valence-corrected chi connectivity index (χ1v) is 16.8. The number of anilines is 2. The van der Waals surface area contributed by atoms with Crippen molar-refractivity contribution >= 4 is 35.0 Å². The lowest BCUT2D eigenvalue weighted by Gasteiger charge is -2.38. The van der Waals surface area contributed by atoms with E-state index in [-0.39, 0.29) is 24.6 Å². The van der Waals surface area contributed by atoms with E-state index >= 15 is 0 Å². The number of hydrogen-bond donors (Lipinski definition) is 3. The molecule has 1 aliphatic carbocycles. The molecule has 2 amide bonds. The van der Waals surface area contributed by atoms with Crippen LogP contribution in [0.2, 0.25) is 5.02 Å². The average molecular weight is 666 g/mol. The first-order valence-electron chi connectivity index (χ1n) is 16.4. The van der Waals surface area contributed by atoms with Crippen LogP contribution in [-0.4, -0.2) is 61.7 Å². The molecule has 1 saturated carbocycles. The first-order chi connectivity index (χ1) is 22.5. The van der Waals surface area contributed by atoms with Gasteiger partial charge < -0.3 is 34.8 Å². The predicted octanol–water partition coefficient (Wildman–Crippen LogP) is 7.47. The third-order valence-corrected chi connectivity index (χ3v) is 8.76. The van der Waals surface area contributed by atoms with Crippen LogP contribution in [0.15, 0.2) is 60.7 Å². The summed E-state index contributed by atoms with van der Waals surface area (Å²) in [5.74, 6) is 2.13. The highest BCUT2D eigenvalue weighted by Gasteiger charge is 2.36. The summed E-state index contributed by atoms with van der Waals surface area (Å²) in [5.41, 5.74) is 5.03. The fourth-order valence-electron chi connectivity index (χ4n) is 6.29. The van der Waals surface area contributed by atoms with E-state index in [1.807, 2.05) is 60.5 Å². The fourth-order valence-corrected chi connectivity index (χ4v) is 6.42. The van der Waals surface area contributed by atoms with Gasteiger partial charge >= 0.3 is 6.09 Å². The molecule has 5 rings (SSSR count). The van der Waals surface area contributed by atoms with Gasteiger partial charge in [0, 0.05) is 36.5 Å². The van der Waals surface area contributed by atoms with Gasteiger partial charge in [-0.05, 0) is 105 Å². The Morgan fingerprint density at radius 2 is 1.68 bits per heavy atom. The van der Waals surface area contributed by atoms with E-state index in [2.05, 4.69) is 36.2 Å². The quantitative estimate of drug-likeness (QED) is 0.206. The molecule has 1 fully saturated rings. The SMILES string of the molecule is CC(O)CNC(=O)O.COc1cc2c(cc1OC(C)C)[C@H](c1ccc(Cl)cc1)N(c1ccc(N(C)CC3CCCCC3)cc1)C(=O)C2. The van der Waals surface area contributed by atoms with Crippen molar-refractivity contribution < 1.29 is 29.3 Å². The van der Waals surface area contributed by atoms with Gasteiger partial charge in [-0.2, -0.15) is 0 Å². The Bertz CT molecular complexity index is 1470. The summed E-state index contributed by atoms with van der Waals surface area (Å²) in [6.45, 7) is 6.67. The van der Waals surface area contributed by atoms with E-state index in [1.54, 1.807) is 7.11 Å². The molecule has 1 unspecified atom stereocenters. The van der Waals surface area contributed by atoms with Gasteiger partial charge in [-0.3, -0.25) is 4.79 Å². The molecule has 0 bridgehead atoms. The van der Waals surface area contributed by atoms with Crippen LogP contribution in [0.25, 0.3) is 0 Å². The minimum atomic E-state index is -1.11. The number of rotatable bonds is 10. The van der Waals surface area contributed by atoms with Crippen molar-refractivity contribution in [2.24, 2.45) is 5.92 Å². The van der Waals surface area contributed by atoms with Crippen molar-refractivity contribution in [3.63, 3.8) is 0 Å². The number of methoxy groups -OCH3 is 1. The molecular weight excluding hydrogens is 618 g/mol. The van der Waals surface area contributed by atoms with E-state index < -0.39 is 12.2 Å². The number of hydrogen-bond acceptors (Lipinski definition) is 6. The van der Waals surface area contributed by atoms with Crippen molar-refractivity contribution in [3.05, 3.63) is 82.4 Å². The van der Waals surface area contributed by atoms with Crippen LogP contribution in [0.4, 0.5) is 16.2 Å². The molecule has 3 N–H and O–H groups in total. The van der Waals surface area contributed by atoms with E-state index in [0.717, 1.165) is 34.8 Å². The first kappa shape index (κ1) is 35.9. The standard InChI is InChI=1S/C33H39ClN2O3.C4H9NO3/c1-22(2)39-31-20-29-25(18-30(31)38-4)19-32(37)36(33(29)24-10-12-26(34)13-11-24)28-16-14-27(15-17-28)35(3)21-23-8-6-5-7-9-23;1-3(6)2-5-4(7)8/h10-18,20,22-23,33H,5-9,19,21H2,1-4H3;3,5-6H,2H2,1H3,(H,7,8)/t33-;/m0./s1. The van der Waals surface area contributed by atoms with Gasteiger partial charge in [-0.1, -0.05) is 43.0 Å². The molecule has 9 nitrogen and oxygen atoms in total. The van der Waals surface area contributed by atoms with Crippen LogP contribution >= 0.6 is 11.6 Å². The molecular formula is C37H48ClN3O6. The smallest absolute Gasteiger partial charge is 0.404 e. The maximum absolute atomic E-state index is 13.8. The summed E-state index contributed by atoms with van der Waals surface area (Å²) in [5, 5.41) is 19.1. The number of aliphatic hydroxyl groups excluding tert-OH is 1. The van der Waals surface area contributed by atoms with Crippen LogP contribution in [-0.2, 0) is 11.2 Å². The van der Waals surface area contributed by atoms with Gasteiger partial charge in [0.2, 0.25) is 5.91 Å². The molecule has 0 saturated heterocycles. The normalized spacial score (nSPS) is 16.9. The van der Waals surface area contributed by atoms with Crippen LogP contribution in [0.5, 0.6) is 11.5 Å². The zero-order valence-corrected chi connectivity index (χ0v) is 28.8. The molecule has 0 radical (unpaired) electrons. The van der Waals surface area contributed by atoms with Gasteiger partial charge in [-0.15, -0.1) is 0 Å². The van der Waals surface area contributed by atoms with Crippen LogP contribution in [0.3, 0.4) is 0 Å². The van der Waals surface area contributed by atoms with Gasteiger partial charge in [0.15, 0.2) is 11.5 Å². The molecule has 2 atom stereocenters. The Labute approximate surface area is 283 Å². The van der Waals surface area contributed by atoms with Crippen LogP contribution < -0.4 is 24.6 Å². The lowest BCUT2D eigenvalue weighted by molar-refractivity contribution is -0.118. The number of carbonyl (C=O) groups excluding carboxylic acids is 1. The maximum atomic E-state index is 13.8. The Kier molecular flexibility index (Phi) is 12.8. The highest BCUT2D eigenvalue weighted by Crippen LogP contribution is 2.44. The minimum Gasteiger partial charge on any atom is -0.493 e. The Morgan fingerprint density at radius 3 is 2.23 bits per heavy atom. The van der Waals surface area contributed by atoms with Gasteiger partial charge in [0.1, 0.15) is 0 Å². The molecule has 1 aliphatic heterocycles. The summed E-state index contributed by atoms with van der Waals surface area (Å²) in [7, 11) is 3.81. The monoisotopic (exact) mass is 665 g/mol. The highest BCUT2D eigenvalue weighted by molar-refractivity contribution is 6.30. The van der Waals surface area contributed by atoms with E-state index in [4.69, 9.17) is 31.3 Å². The molecule has 3 aromatic rings. The summed E-state index contributed by atoms with van der Waals surface area (Å²) in [4.78, 5) is 27.7. The fraction of sp³-hybridized carbons (Fsp3) is 0.459. The number of carbonyl (C=O) groups is 2. The number of benzene rings is 3. The molecule has 1 heterocycles. The summed E-state index contributed by atoms with van der Waals surface area (Å²) in [6.07, 6.45) is 5.27. The molecule has 0 aromatic heterocycles. The predicted molar refractivity (Wildman–Crippen MR) is 187 cm³/mol. The topological polar surface area (TPSA) is 112 Å². The Morgan fingerprint density at radius 1 is 1.02 bits per heavy atom. The number of halogens is 1. The van der Waals surface area contributed by atoms with Gasteiger partial charge in [0.25, 0.3) is 0 Å². The van der Waals surface area contributed by atoms with Crippen LogP contribution in [0, 0.1) is 5.92 Å². The van der Waals surface area contributed by atoms with E-state index in [1.165, 1.54) is 44.7 Å². The van der Waals surface area contributed by atoms with Crippen LogP contribution in [0.1, 0.15) is 75.6 Å². The number of amides is 2. The molecule has 0 spiro atoms. The largest absolute Gasteiger partial charge is 0.493 e. The van der Waals surface area contributed by atoms with Crippen molar-refractivity contribution in [3.8, 4) is 11.5 Å².